The van der Waals surface area contributed by atoms with Gasteiger partial charge in [-0.05, 0) is 49.3 Å². The molecule has 32 heavy (non-hydrogen) atoms. The summed E-state index contributed by atoms with van der Waals surface area (Å²) in [5.74, 6) is 2.25. The Morgan fingerprint density at radius 3 is 2.69 bits per heavy atom. The zero-order valence-electron chi connectivity index (χ0n) is 17.8. The molecule has 2 fully saturated rings. The van der Waals surface area contributed by atoms with Crippen LogP contribution in [0.5, 0.6) is 11.8 Å². The van der Waals surface area contributed by atoms with E-state index in [1.165, 1.54) is 12.8 Å². The molecule has 0 amide bonds. The quantitative estimate of drug-likeness (QED) is 0.522. The Balaban J connectivity index is 1.31. The highest BCUT2D eigenvalue weighted by atomic mass is 35.5. The van der Waals surface area contributed by atoms with Crippen LogP contribution in [-0.4, -0.2) is 44.1 Å². The van der Waals surface area contributed by atoms with Crippen LogP contribution in [-0.2, 0) is 6.54 Å². The van der Waals surface area contributed by atoms with E-state index in [-0.39, 0.29) is 0 Å². The number of anilines is 2. The van der Waals surface area contributed by atoms with Crippen LogP contribution in [0.4, 0.5) is 11.6 Å². The molecule has 3 aromatic rings. The average molecular weight is 474 g/mol. The first kappa shape index (κ1) is 21.3. The zero-order valence-corrected chi connectivity index (χ0v) is 19.3. The van der Waals surface area contributed by atoms with Gasteiger partial charge in [0, 0.05) is 36.8 Å². The van der Waals surface area contributed by atoms with Gasteiger partial charge in [0.15, 0.2) is 5.15 Å². The Labute approximate surface area is 196 Å². The van der Waals surface area contributed by atoms with E-state index in [1.54, 1.807) is 12.3 Å². The van der Waals surface area contributed by atoms with E-state index in [4.69, 9.17) is 27.9 Å². The molecule has 168 valence electrons. The summed E-state index contributed by atoms with van der Waals surface area (Å²) in [6.07, 6.45) is 5.06. The maximum Gasteiger partial charge on any atom is 0.322 e. The highest BCUT2D eigenvalue weighted by molar-refractivity contribution is 6.30. The third-order valence-electron chi connectivity index (χ3n) is 6.18. The lowest BCUT2D eigenvalue weighted by atomic mass is 9.92. The van der Waals surface area contributed by atoms with Gasteiger partial charge in [0.1, 0.15) is 5.75 Å². The lowest BCUT2D eigenvalue weighted by Gasteiger charge is -2.39. The molecule has 1 N–H and O–H groups in total. The second kappa shape index (κ2) is 9.11. The number of aromatic nitrogens is 5. The van der Waals surface area contributed by atoms with Crippen molar-refractivity contribution >= 4 is 34.8 Å². The maximum atomic E-state index is 6.10. The molecule has 5 rings (SSSR count). The number of rotatable bonds is 7. The van der Waals surface area contributed by atoms with Gasteiger partial charge >= 0.3 is 6.01 Å². The first-order valence-electron chi connectivity index (χ1n) is 11.0. The largest absolute Gasteiger partial charge is 0.424 e. The number of halogens is 2. The van der Waals surface area contributed by atoms with Crippen molar-refractivity contribution in [2.75, 3.05) is 23.3 Å². The minimum Gasteiger partial charge on any atom is -0.424 e. The number of hydrogen-bond donors (Lipinski definition) is 1. The summed E-state index contributed by atoms with van der Waals surface area (Å²) < 4.78 is 7.81. The molecule has 1 saturated heterocycles. The van der Waals surface area contributed by atoms with E-state index in [9.17, 15) is 0 Å². The first-order valence-corrected chi connectivity index (χ1v) is 11.7. The summed E-state index contributed by atoms with van der Waals surface area (Å²) in [5, 5.41) is 17.2. The van der Waals surface area contributed by atoms with Crippen LogP contribution in [0.25, 0.3) is 0 Å². The van der Waals surface area contributed by atoms with Gasteiger partial charge < -0.3 is 15.0 Å². The van der Waals surface area contributed by atoms with E-state index in [0.717, 1.165) is 31.7 Å². The van der Waals surface area contributed by atoms with Crippen molar-refractivity contribution in [1.29, 1.82) is 0 Å². The average Bonchev–Trinajstić information content (AvgIpc) is 3.23. The number of benzene rings is 1. The first-order chi connectivity index (χ1) is 15.6. The van der Waals surface area contributed by atoms with E-state index in [0.29, 0.717) is 45.8 Å². The molecule has 1 aliphatic carbocycles. The van der Waals surface area contributed by atoms with Crippen molar-refractivity contribution in [3.8, 4) is 11.8 Å². The van der Waals surface area contributed by atoms with Crippen molar-refractivity contribution < 1.29 is 4.74 Å². The SMILES string of the molecule is CCCn1nc(NC2C3CCC2CN(c2cnnc(Cl)c2)C3)nc1Oc1cccc(Cl)c1. The van der Waals surface area contributed by atoms with E-state index >= 15 is 0 Å². The standard InChI is InChI=1S/C22H25Cl2N7O/c1-2-8-31-22(32-18-5-3-4-16(23)9-18)27-21(29-31)26-20-14-6-7-15(20)13-30(12-14)17-10-19(24)28-25-11-17/h3-5,9-11,14-15,20H,2,6-8,12-13H2,1H3,(H,26,29). The smallest absolute Gasteiger partial charge is 0.322 e. The minimum atomic E-state index is 0.327. The predicted octanol–water partition coefficient (Wildman–Crippen LogP) is 4.90. The molecular formula is C22H25Cl2N7O. The summed E-state index contributed by atoms with van der Waals surface area (Å²) in [7, 11) is 0. The van der Waals surface area contributed by atoms with Gasteiger partial charge in [0.2, 0.25) is 5.95 Å². The topological polar surface area (TPSA) is 81.0 Å². The van der Waals surface area contributed by atoms with Crippen molar-refractivity contribution in [2.24, 2.45) is 11.8 Å². The van der Waals surface area contributed by atoms with Crippen LogP contribution in [0.3, 0.4) is 0 Å². The highest BCUT2D eigenvalue weighted by Gasteiger charge is 2.42. The Kier molecular flexibility index (Phi) is 6.06. The molecule has 1 aromatic carbocycles. The van der Waals surface area contributed by atoms with Crippen molar-refractivity contribution in [3.63, 3.8) is 0 Å². The minimum absolute atomic E-state index is 0.327. The van der Waals surface area contributed by atoms with Crippen LogP contribution in [0.2, 0.25) is 10.2 Å². The Morgan fingerprint density at radius 1 is 1.16 bits per heavy atom. The maximum absolute atomic E-state index is 6.10. The number of nitrogens with one attached hydrogen (secondary N) is 1. The molecule has 2 unspecified atom stereocenters. The predicted molar refractivity (Wildman–Crippen MR) is 125 cm³/mol. The molecule has 1 saturated carbocycles. The molecule has 2 aliphatic rings. The molecule has 2 aromatic heterocycles. The van der Waals surface area contributed by atoms with Gasteiger partial charge in [-0.1, -0.05) is 36.2 Å². The van der Waals surface area contributed by atoms with Gasteiger partial charge in [-0.25, -0.2) is 4.68 Å². The molecule has 0 spiro atoms. The van der Waals surface area contributed by atoms with Crippen LogP contribution < -0.4 is 15.0 Å². The van der Waals surface area contributed by atoms with Crippen LogP contribution in [0, 0.1) is 11.8 Å². The van der Waals surface area contributed by atoms with E-state index in [2.05, 4.69) is 37.4 Å². The molecule has 3 heterocycles. The fourth-order valence-corrected chi connectivity index (χ4v) is 5.12. The number of fused-ring (bicyclic) bond motifs is 2. The lowest BCUT2D eigenvalue weighted by molar-refractivity contribution is 0.376. The number of hydrogen-bond acceptors (Lipinski definition) is 7. The van der Waals surface area contributed by atoms with E-state index in [1.807, 2.05) is 28.9 Å². The van der Waals surface area contributed by atoms with Gasteiger partial charge in [0.25, 0.3) is 0 Å². The zero-order chi connectivity index (χ0) is 22.1. The molecule has 10 heteroatoms. The molecule has 8 nitrogen and oxygen atoms in total. The second-order valence-corrected chi connectivity index (χ2v) is 9.23. The van der Waals surface area contributed by atoms with Crippen molar-refractivity contribution in [1.82, 2.24) is 25.0 Å². The molecule has 1 aliphatic heterocycles. The fourth-order valence-electron chi connectivity index (χ4n) is 4.78. The van der Waals surface area contributed by atoms with E-state index < -0.39 is 0 Å². The number of piperidine rings is 1. The monoisotopic (exact) mass is 473 g/mol. The number of aryl methyl sites for hydroxylation is 1. The summed E-state index contributed by atoms with van der Waals surface area (Å²) in [6, 6.07) is 9.99. The normalized spacial score (nSPS) is 22.2. The van der Waals surface area contributed by atoms with Crippen LogP contribution in [0.1, 0.15) is 26.2 Å². The lowest BCUT2D eigenvalue weighted by Crippen LogP contribution is -2.48. The summed E-state index contributed by atoms with van der Waals surface area (Å²) >= 11 is 12.1. The van der Waals surface area contributed by atoms with Crippen LogP contribution in [0.15, 0.2) is 36.5 Å². The number of ether oxygens (including phenoxy) is 1. The van der Waals surface area contributed by atoms with Gasteiger partial charge in [0.05, 0.1) is 11.9 Å². The Bertz CT molecular complexity index is 1080. The summed E-state index contributed by atoms with van der Waals surface area (Å²) in [6.45, 7) is 4.72. The Hall–Kier alpha value is -2.58. The fraction of sp³-hybridized carbons (Fsp3) is 0.455. The third kappa shape index (κ3) is 4.47. The second-order valence-electron chi connectivity index (χ2n) is 8.41. The molecule has 2 bridgehead atoms. The molecule has 2 atom stereocenters. The summed E-state index contributed by atoms with van der Waals surface area (Å²) in [5.41, 5.74) is 1.03. The van der Waals surface area contributed by atoms with Gasteiger partial charge in [-0.2, -0.15) is 10.1 Å². The third-order valence-corrected chi connectivity index (χ3v) is 6.60. The summed E-state index contributed by atoms with van der Waals surface area (Å²) in [4.78, 5) is 7.02. The highest BCUT2D eigenvalue weighted by Crippen LogP contribution is 2.40. The van der Waals surface area contributed by atoms with Crippen molar-refractivity contribution in [2.45, 2.75) is 38.8 Å². The molecular weight excluding hydrogens is 449 g/mol. The van der Waals surface area contributed by atoms with Gasteiger partial charge in [-0.15, -0.1) is 10.2 Å². The van der Waals surface area contributed by atoms with Crippen LogP contribution >= 0.6 is 23.2 Å². The van der Waals surface area contributed by atoms with Crippen molar-refractivity contribution in [3.05, 3.63) is 46.7 Å². The Morgan fingerprint density at radius 2 is 1.97 bits per heavy atom. The van der Waals surface area contributed by atoms with Gasteiger partial charge in [-0.3, -0.25) is 0 Å². The molecule has 0 radical (unpaired) electrons. The number of nitrogens with zero attached hydrogens (tertiary/aromatic N) is 6.